The van der Waals surface area contributed by atoms with Crippen LogP contribution in [0.2, 0.25) is 0 Å². The number of nitrogens with one attached hydrogen (secondary N) is 1. The van der Waals surface area contributed by atoms with Crippen LogP contribution in [-0.2, 0) is 13.0 Å². The molecule has 7 nitrogen and oxygen atoms in total. The standard InChI is InChI=1S/C14H15N5O2S/c20-19(21)11-7-15-14(17-13(11)16-10-1-2-10)18-5-3-12-9(8-18)4-6-22-12/h4,6-7,10H,1-3,5,8H2,(H,15,16,17). The summed E-state index contributed by atoms with van der Waals surface area (Å²) in [6.45, 7) is 1.60. The number of anilines is 2. The van der Waals surface area contributed by atoms with Crippen molar-refractivity contribution in [2.75, 3.05) is 16.8 Å². The van der Waals surface area contributed by atoms with Gasteiger partial charge in [-0.2, -0.15) is 4.98 Å². The van der Waals surface area contributed by atoms with Gasteiger partial charge in [0.15, 0.2) is 0 Å². The first-order valence-electron chi connectivity index (χ1n) is 7.29. The molecule has 0 saturated heterocycles. The molecule has 2 aromatic heterocycles. The molecule has 0 amide bonds. The van der Waals surface area contributed by atoms with E-state index in [9.17, 15) is 10.1 Å². The van der Waals surface area contributed by atoms with Crippen molar-refractivity contribution in [3.8, 4) is 0 Å². The highest BCUT2D eigenvalue weighted by atomic mass is 32.1. The first-order valence-corrected chi connectivity index (χ1v) is 8.17. The molecule has 0 spiro atoms. The van der Waals surface area contributed by atoms with Gasteiger partial charge in [-0.05, 0) is 36.3 Å². The molecule has 1 N–H and O–H groups in total. The van der Waals surface area contributed by atoms with Gasteiger partial charge in [0.25, 0.3) is 0 Å². The maximum atomic E-state index is 11.1. The number of thiophene rings is 1. The molecule has 0 atom stereocenters. The highest BCUT2D eigenvalue weighted by Crippen LogP contribution is 2.31. The van der Waals surface area contributed by atoms with Crippen LogP contribution in [0, 0.1) is 10.1 Å². The number of aromatic nitrogens is 2. The minimum Gasteiger partial charge on any atom is -0.361 e. The predicted octanol–water partition coefficient (Wildman–Crippen LogP) is 2.58. The zero-order valence-electron chi connectivity index (χ0n) is 11.9. The van der Waals surface area contributed by atoms with Gasteiger partial charge in [-0.15, -0.1) is 11.3 Å². The summed E-state index contributed by atoms with van der Waals surface area (Å²) in [7, 11) is 0. The molecule has 1 saturated carbocycles. The Morgan fingerprint density at radius 1 is 1.45 bits per heavy atom. The Hall–Kier alpha value is -2.22. The number of hydrogen-bond donors (Lipinski definition) is 1. The molecule has 0 aromatic carbocycles. The summed E-state index contributed by atoms with van der Waals surface area (Å²) < 4.78 is 0. The van der Waals surface area contributed by atoms with E-state index < -0.39 is 4.92 Å². The lowest BCUT2D eigenvalue weighted by Crippen LogP contribution is -2.31. The van der Waals surface area contributed by atoms with Crippen molar-refractivity contribution in [3.05, 3.63) is 38.2 Å². The zero-order chi connectivity index (χ0) is 15.1. The van der Waals surface area contributed by atoms with Gasteiger partial charge in [-0.25, -0.2) is 4.98 Å². The van der Waals surface area contributed by atoms with Crippen molar-refractivity contribution in [2.24, 2.45) is 0 Å². The average molecular weight is 317 g/mol. The molecule has 0 bridgehead atoms. The molecule has 2 aliphatic rings. The van der Waals surface area contributed by atoms with Crippen LogP contribution in [0.1, 0.15) is 23.3 Å². The van der Waals surface area contributed by atoms with Crippen LogP contribution in [0.4, 0.5) is 17.5 Å². The van der Waals surface area contributed by atoms with Crippen LogP contribution in [-0.4, -0.2) is 27.5 Å². The molecule has 4 rings (SSSR count). The quantitative estimate of drug-likeness (QED) is 0.689. The third kappa shape index (κ3) is 2.50. The minimum atomic E-state index is -0.429. The van der Waals surface area contributed by atoms with Crippen LogP contribution in [0.5, 0.6) is 0 Å². The molecule has 1 aliphatic heterocycles. The van der Waals surface area contributed by atoms with Crippen molar-refractivity contribution in [1.29, 1.82) is 0 Å². The second-order valence-corrected chi connectivity index (χ2v) is 6.62. The number of fused-ring (bicyclic) bond motifs is 1. The number of nitro groups is 1. The fourth-order valence-corrected chi connectivity index (χ4v) is 3.49. The van der Waals surface area contributed by atoms with E-state index in [-0.39, 0.29) is 5.69 Å². The van der Waals surface area contributed by atoms with E-state index in [0.29, 0.717) is 17.8 Å². The first-order chi connectivity index (χ1) is 10.7. The Balaban J connectivity index is 1.63. The van der Waals surface area contributed by atoms with Crippen molar-refractivity contribution < 1.29 is 4.92 Å². The Kier molecular flexibility index (Phi) is 3.18. The fraction of sp³-hybridized carbons (Fsp3) is 0.429. The first kappa shape index (κ1) is 13.4. The Bertz CT molecular complexity index is 728. The lowest BCUT2D eigenvalue weighted by molar-refractivity contribution is -0.384. The van der Waals surface area contributed by atoms with E-state index in [1.54, 1.807) is 11.3 Å². The largest absolute Gasteiger partial charge is 0.361 e. The normalized spacial score (nSPS) is 17.2. The van der Waals surface area contributed by atoms with E-state index in [2.05, 4.69) is 31.6 Å². The lowest BCUT2D eigenvalue weighted by Gasteiger charge is -2.27. The van der Waals surface area contributed by atoms with Crippen LogP contribution in [0.25, 0.3) is 0 Å². The van der Waals surface area contributed by atoms with E-state index in [0.717, 1.165) is 32.4 Å². The van der Waals surface area contributed by atoms with Crippen molar-refractivity contribution in [2.45, 2.75) is 31.8 Å². The average Bonchev–Trinajstić information content (AvgIpc) is 3.20. The molecule has 1 aliphatic carbocycles. The van der Waals surface area contributed by atoms with Gasteiger partial charge < -0.3 is 10.2 Å². The van der Waals surface area contributed by atoms with Gasteiger partial charge in [-0.1, -0.05) is 0 Å². The van der Waals surface area contributed by atoms with E-state index in [1.165, 1.54) is 16.6 Å². The van der Waals surface area contributed by atoms with Crippen molar-refractivity contribution in [3.63, 3.8) is 0 Å². The van der Waals surface area contributed by atoms with E-state index >= 15 is 0 Å². The molecule has 8 heteroatoms. The highest BCUT2D eigenvalue weighted by molar-refractivity contribution is 7.10. The Labute approximate surface area is 131 Å². The topological polar surface area (TPSA) is 84.2 Å². The lowest BCUT2D eigenvalue weighted by atomic mass is 10.1. The second kappa shape index (κ2) is 5.20. The maximum Gasteiger partial charge on any atom is 0.329 e. The third-order valence-electron chi connectivity index (χ3n) is 3.96. The van der Waals surface area contributed by atoms with Crippen LogP contribution in [0.3, 0.4) is 0 Å². The van der Waals surface area contributed by atoms with Gasteiger partial charge in [0.1, 0.15) is 6.20 Å². The Morgan fingerprint density at radius 2 is 2.32 bits per heavy atom. The monoisotopic (exact) mass is 317 g/mol. The number of nitrogens with zero attached hydrogens (tertiary/aromatic N) is 4. The SMILES string of the molecule is O=[N+]([O-])c1cnc(N2CCc3sccc3C2)nc1NC1CC1. The second-order valence-electron chi connectivity index (χ2n) is 5.62. The molecule has 114 valence electrons. The smallest absolute Gasteiger partial charge is 0.329 e. The molecular formula is C14H15N5O2S. The van der Waals surface area contributed by atoms with Gasteiger partial charge in [0.05, 0.1) is 4.92 Å². The van der Waals surface area contributed by atoms with Crippen LogP contribution in [0.15, 0.2) is 17.6 Å². The molecule has 22 heavy (non-hydrogen) atoms. The van der Waals surface area contributed by atoms with Gasteiger partial charge in [-0.3, -0.25) is 10.1 Å². The summed E-state index contributed by atoms with van der Waals surface area (Å²) >= 11 is 1.78. The van der Waals surface area contributed by atoms with E-state index in [1.807, 2.05) is 0 Å². The predicted molar refractivity (Wildman–Crippen MR) is 84.4 cm³/mol. The molecule has 3 heterocycles. The van der Waals surface area contributed by atoms with Crippen molar-refractivity contribution in [1.82, 2.24) is 9.97 Å². The Morgan fingerprint density at radius 3 is 3.09 bits per heavy atom. The maximum absolute atomic E-state index is 11.1. The summed E-state index contributed by atoms with van der Waals surface area (Å²) in [6, 6.07) is 2.44. The fourth-order valence-electron chi connectivity index (χ4n) is 2.60. The molecule has 0 radical (unpaired) electrons. The van der Waals surface area contributed by atoms with Gasteiger partial charge >= 0.3 is 5.69 Å². The van der Waals surface area contributed by atoms with Crippen LogP contribution >= 0.6 is 11.3 Å². The third-order valence-corrected chi connectivity index (χ3v) is 4.99. The summed E-state index contributed by atoms with van der Waals surface area (Å²) in [6.07, 6.45) is 4.37. The zero-order valence-corrected chi connectivity index (χ0v) is 12.7. The number of rotatable bonds is 4. The summed E-state index contributed by atoms with van der Waals surface area (Å²) in [5.41, 5.74) is 1.25. The highest BCUT2D eigenvalue weighted by Gasteiger charge is 2.28. The van der Waals surface area contributed by atoms with Gasteiger partial charge in [0, 0.05) is 24.0 Å². The van der Waals surface area contributed by atoms with E-state index in [4.69, 9.17) is 0 Å². The molecule has 2 aromatic rings. The molecule has 1 fully saturated rings. The van der Waals surface area contributed by atoms with Gasteiger partial charge in [0.2, 0.25) is 11.8 Å². The summed E-state index contributed by atoms with van der Waals surface area (Å²) in [5, 5.41) is 16.4. The summed E-state index contributed by atoms with van der Waals surface area (Å²) in [4.78, 5) is 22.8. The molecular weight excluding hydrogens is 302 g/mol. The van der Waals surface area contributed by atoms with Crippen LogP contribution < -0.4 is 10.2 Å². The number of hydrogen-bond acceptors (Lipinski definition) is 7. The van der Waals surface area contributed by atoms with Crippen molar-refractivity contribution >= 4 is 28.8 Å². The summed E-state index contributed by atoms with van der Waals surface area (Å²) in [5.74, 6) is 0.902. The minimum absolute atomic E-state index is 0.0520. The molecule has 0 unspecified atom stereocenters.